The van der Waals surface area contributed by atoms with Gasteiger partial charge in [0.15, 0.2) is 0 Å². The minimum atomic E-state index is 0.0861. The molecule has 0 N–H and O–H groups in total. The molecule has 25 heavy (non-hydrogen) atoms. The first kappa shape index (κ1) is 16.5. The normalized spacial score (nSPS) is 23.7. The molecular formula is C18H22N4O2S. The molecule has 132 valence electrons. The minimum absolute atomic E-state index is 0.0861. The van der Waals surface area contributed by atoms with Crippen molar-refractivity contribution in [2.45, 2.75) is 32.0 Å². The zero-order valence-electron chi connectivity index (χ0n) is 14.3. The molecule has 6 nitrogen and oxygen atoms in total. The Morgan fingerprint density at radius 2 is 2.16 bits per heavy atom. The van der Waals surface area contributed by atoms with Crippen LogP contribution in [0.15, 0.2) is 29.2 Å². The average Bonchev–Trinajstić information content (AvgIpc) is 3.01. The first-order valence-corrected chi connectivity index (χ1v) is 9.56. The molecule has 0 unspecified atom stereocenters. The van der Waals surface area contributed by atoms with Crippen LogP contribution in [0.1, 0.15) is 24.2 Å². The SMILES string of the molecule is COc1ccnc(CN2C[C@@H]3CC[C@H](C2)N(Cc2cscn2)C3=O)c1. The Kier molecular flexibility index (Phi) is 4.67. The van der Waals surface area contributed by atoms with Gasteiger partial charge < -0.3 is 9.64 Å². The van der Waals surface area contributed by atoms with Gasteiger partial charge in [-0.3, -0.25) is 14.7 Å². The summed E-state index contributed by atoms with van der Waals surface area (Å²) in [6.45, 7) is 3.09. The summed E-state index contributed by atoms with van der Waals surface area (Å²) in [5.74, 6) is 1.19. The van der Waals surface area contributed by atoms with Crippen LogP contribution in [-0.4, -0.2) is 51.9 Å². The fourth-order valence-electron chi connectivity index (χ4n) is 3.86. The molecule has 0 spiro atoms. The molecule has 3 aliphatic rings. The van der Waals surface area contributed by atoms with Gasteiger partial charge in [-0.2, -0.15) is 0 Å². The summed E-state index contributed by atoms with van der Waals surface area (Å²) >= 11 is 1.58. The van der Waals surface area contributed by atoms with Crippen LogP contribution < -0.4 is 4.74 Å². The van der Waals surface area contributed by atoms with Crippen molar-refractivity contribution < 1.29 is 9.53 Å². The van der Waals surface area contributed by atoms with E-state index in [0.717, 1.165) is 49.6 Å². The first-order chi connectivity index (χ1) is 12.2. The molecule has 0 aliphatic carbocycles. The van der Waals surface area contributed by atoms with Crippen LogP contribution >= 0.6 is 11.3 Å². The number of thiazole rings is 1. The molecule has 5 heterocycles. The molecule has 1 amide bonds. The molecule has 3 fully saturated rings. The summed E-state index contributed by atoms with van der Waals surface area (Å²) in [5, 5.41) is 2.03. The molecule has 5 rings (SSSR count). The molecule has 2 atom stereocenters. The highest BCUT2D eigenvalue weighted by Gasteiger charge is 2.40. The second-order valence-electron chi connectivity index (χ2n) is 6.76. The second kappa shape index (κ2) is 7.09. The summed E-state index contributed by atoms with van der Waals surface area (Å²) in [4.78, 5) is 26.1. The number of rotatable bonds is 5. The number of aromatic nitrogens is 2. The van der Waals surface area contributed by atoms with E-state index in [1.165, 1.54) is 0 Å². The quantitative estimate of drug-likeness (QED) is 0.820. The second-order valence-corrected chi connectivity index (χ2v) is 7.47. The van der Waals surface area contributed by atoms with E-state index in [4.69, 9.17) is 4.74 Å². The van der Waals surface area contributed by atoms with Gasteiger partial charge in [-0.1, -0.05) is 0 Å². The van der Waals surface area contributed by atoms with Crippen LogP contribution in [0.4, 0.5) is 0 Å². The van der Waals surface area contributed by atoms with Crippen molar-refractivity contribution in [2.24, 2.45) is 5.92 Å². The van der Waals surface area contributed by atoms with E-state index in [1.54, 1.807) is 24.6 Å². The molecule has 7 heteroatoms. The number of piperidine rings is 1. The molecule has 0 saturated carbocycles. The Bertz CT molecular complexity index is 736. The third-order valence-corrected chi connectivity index (χ3v) is 5.73. The van der Waals surface area contributed by atoms with E-state index >= 15 is 0 Å². The van der Waals surface area contributed by atoms with Gasteiger partial charge in [0.25, 0.3) is 0 Å². The fraction of sp³-hybridized carbons (Fsp3) is 0.500. The molecular weight excluding hydrogens is 336 g/mol. The number of carbonyl (C=O) groups excluding carboxylic acids is 1. The summed E-state index contributed by atoms with van der Waals surface area (Å²) in [6, 6.07) is 4.09. The van der Waals surface area contributed by atoms with Crippen molar-refractivity contribution in [3.8, 4) is 5.75 Å². The maximum absolute atomic E-state index is 12.9. The lowest BCUT2D eigenvalue weighted by Crippen LogP contribution is -2.47. The van der Waals surface area contributed by atoms with Crippen molar-refractivity contribution >= 4 is 17.2 Å². The highest BCUT2D eigenvalue weighted by atomic mass is 32.1. The number of pyridine rings is 1. The lowest BCUT2D eigenvalue weighted by molar-refractivity contribution is -0.140. The maximum Gasteiger partial charge on any atom is 0.227 e. The monoisotopic (exact) mass is 358 g/mol. The van der Waals surface area contributed by atoms with Crippen LogP contribution in [0.5, 0.6) is 5.75 Å². The largest absolute Gasteiger partial charge is 0.497 e. The number of hydrogen-bond donors (Lipinski definition) is 0. The van der Waals surface area contributed by atoms with Crippen LogP contribution in [0.3, 0.4) is 0 Å². The fourth-order valence-corrected chi connectivity index (χ4v) is 4.41. The predicted octanol–water partition coefficient (Wildman–Crippen LogP) is 2.17. The van der Waals surface area contributed by atoms with Crippen molar-refractivity contribution in [1.82, 2.24) is 19.8 Å². The van der Waals surface area contributed by atoms with Crippen LogP contribution in [-0.2, 0) is 17.9 Å². The minimum Gasteiger partial charge on any atom is -0.497 e. The number of amides is 1. The van der Waals surface area contributed by atoms with Gasteiger partial charge in [-0.05, 0) is 18.9 Å². The Balaban J connectivity index is 1.49. The Hall–Kier alpha value is -1.99. The van der Waals surface area contributed by atoms with E-state index in [2.05, 4.69) is 14.9 Å². The number of carbonyl (C=O) groups is 1. The predicted molar refractivity (Wildman–Crippen MR) is 95.2 cm³/mol. The zero-order valence-corrected chi connectivity index (χ0v) is 15.1. The molecule has 2 aromatic heterocycles. The van der Waals surface area contributed by atoms with Gasteiger partial charge >= 0.3 is 0 Å². The van der Waals surface area contributed by atoms with Crippen LogP contribution in [0.2, 0.25) is 0 Å². The van der Waals surface area contributed by atoms with E-state index < -0.39 is 0 Å². The zero-order chi connectivity index (χ0) is 17.2. The van der Waals surface area contributed by atoms with Crippen molar-refractivity contribution in [3.63, 3.8) is 0 Å². The van der Waals surface area contributed by atoms with Gasteiger partial charge in [-0.25, -0.2) is 4.98 Å². The molecule has 2 bridgehead atoms. The number of hydrogen-bond acceptors (Lipinski definition) is 6. The number of ether oxygens (including phenoxy) is 1. The van der Waals surface area contributed by atoms with E-state index in [9.17, 15) is 4.79 Å². The summed E-state index contributed by atoms with van der Waals surface area (Å²) in [5.41, 5.74) is 3.81. The number of nitrogens with zero attached hydrogens (tertiary/aromatic N) is 4. The smallest absolute Gasteiger partial charge is 0.227 e. The Morgan fingerprint density at radius 1 is 1.24 bits per heavy atom. The standard InChI is InChI=1S/C18H22N4O2S/c1-24-17-4-5-19-14(6-17)8-21-7-13-2-3-16(10-21)22(18(13)23)9-15-11-25-12-20-15/h4-6,11-13,16H,2-3,7-10H2,1H3/t13-,16+/m0/s1. The van der Waals surface area contributed by atoms with Crippen LogP contribution in [0.25, 0.3) is 0 Å². The molecule has 0 aromatic carbocycles. The van der Waals surface area contributed by atoms with Crippen molar-refractivity contribution in [1.29, 1.82) is 0 Å². The van der Waals surface area contributed by atoms with Gasteiger partial charge in [0.1, 0.15) is 5.75 Å². The van der Waals surface area contributed by atoms with E-state index in [1.807, 2.05) is 27.9 Å². The van der Waals surface area contributed by atoms with Crippen molar-refractivity contribution in [3.05, 3.63) is 40.6 Å². The summed E-state index contributed by atoms with van der Waals surface area (Å²) in [7, 11) is 1.67. The number of methoxy groups -OCH3 is 1. The molecule has 2 aromatic rings. The van der Waals surface area contributed by atoms with Gasteiger partial charge in [0.05, 0.1) is 36.5 Å². The lowest BCUT2D eigenvalue weighted by atomic mass is 9.94. The average molecular weight is 358 g/mol. The van der Waals surface area contributed by atoms with Gasteiger partial charge in [0, 0.05) is 43.3 Å². The third kappa shape index (κ3) is 3.52. The van der Waals surface area contributed by atoms with Crippen LogP contribution in [0, 0.1) is 5.92 Å². The van der Waals surface area contributed by atoms with Gasteiger partial charge in [-0.15, -0.1) is 11.3 Å². The molecule has 3 aliphatic heterocycles. The molecule has 0 radical (unpaired) electrons. The first-order valence-electron chi connectivity index (χ1n) is 8.62. The van der Waals surface area contributed by atoms with Crippen molar-refractivity contribution in [2.75, 3.05) is 20.2 Å². The maximum atomic E-state index is 12.9. The Labute approximate surface area is 151 Å². The third-order valence-electron chi connectivity index (χ3n) is 5.09. The summed E-state index contributed by atoms with van der Waals surface area (Å²) in [6.07, 6.45) is 3.84. The highest BCUT2D eigenvalue weighted by Crippen LogP contribution is 2.31. The Morgan fingerprint density at radius 3 is 2.96 bits per heavy atom. The summed E-state index contributed by atoms with van der Waals surface area (Å²) < 4.78 is 5.29. The molecule has 3 saturated heterocycles. The van der Waals surface area contributed by atoms with E-state index in [0.29, 0.717) is 6.54 Å². The van der Waals surface area contributed by atoms with Gasteiger partial charge in [0.2, 0.25) is 5.91 Å². The highest BCUT2D eigenvalue weighted by molar-refractivity contribution is 7.07. The topological polar surface area (TPSA) is 58.6 Å². The number of fused-ring (bicyclic) bond motifs is 4. The van der Waals surface area contributed by atoms with E-state index in [-0.39, 0.29) is 17.9 Å². The lowest BCUT2D eigenvalue weighted by Gasteiger charge is -2.35.